The van der Waals surface area contributed by atoms with E-state index in [0.717, 1.165) is 28.4 Å². The second-order valence-electron chi connectivity index (χ2n) is 8.87. The quantitative estimate of drug-likeness (QED) is 0.292. The zero-order valence-corrected chi connectivity index (χ0v) is 19.4. The van der Waals surface area contributed by atoms with Crippen molar-refractivity contribution in [1.29, 1.82) is 0 Å². The number of imide groups is 1. The summed E-state index contributed by atoms with van der Waals surface area (Å²) in [6, 6.07) is 13.3. The number of anilines is 1. The smallest absolute Gasteiger partial charge is 0.259 e. The fourth-order valence-corrected chi connectivity index (χ4v) is 4.75. The highest BCUT2D eigenvalue weighted by atomic mass is 16.5. The van der Waals surface area contributed by atoms with Crippen molar-refractivity contribution in [1.82, 2.24) is 19.8 Å². The van der Waals surface area contributed by atoms with Gasteiger partial charge in [-0.05, 0) is 38.4 Å². The predicted molar refractivity (Wildman–Crippen MR) is 134 cm³/mol. The summed E-state index contributed by atoms with van der Waals surface area (Å²) < 4.78 is 7.77. The number of methoxy groups -OCH3 is 1. The number of amides is 2. The number of aromatic amines is 1. The average molecular weight is 458 g/mol. The molecule has 5 rings (SSSR count). The van der Waals surface area contributed by atoms with Crippen molar-refractivity contribution in [3.05, 3.63) is 66.0 Å². The van der Waals surface area contributed by atoms with Crippen molar-refractivity contribution in [2.24, 2.45) is 0 Å². The number of hydrogen-bond acceptors (Lipinski definition) is 5. The minimum Gasteiger partial charge on any atom is -0.399 e. The second-order valence-corrected chi connectivity index (χ2v) is 8.87. The zero-order valence-electron chi connectivity index (χ0n) is 19.4. The molecule has 8 nitrogen and oxygen atoms in total. The summed E-state index contributed by atoms with van der Waals surface area (Å²) in [7, 11) is 5.69. The predicted octanol–water partition coefficient (Wildman–Crippen LogP) is 2.85. The molecule has 4 aromatic rings. The fourth-order valence-electron chi connectivity index (χ4n) is 4.75. The minimum absolute atomic E-state index is 0.0582. The molecule has 4 N–H and O–H groups in total. The van der Waals surface area contributed by atoms with E-state index in [9.17, 15) is 9.59 Å². The number of nitrogens with zero attached hydrogens (tertiary/aromatic N) is 2. The number of rotatable bonds is 7. The third kappa shape index (κ3) is 3.67. The number of carbonyl (C=O) groups excluding carboxylic acids is 2. The van der Waals surface area contributed by atoms with Crippen LogP contribution in [0.3, 0.4) is 0 Å². The van der Waals surface area contributed by atoms with Crippen molar-refractivity contribution in [2.45, 2.75) is 12.6 Å². The van der Waals surface area contributed by atoms with Crippen molar-refractivity contribution >= 4 is 50.5 Å². The van der Waals surface area contributed by atoms with E-state index in [1.165, 1.54) is 0 Å². The monoisotopic (exact) mass is 457 g/mol. The number of nitrogens with one attached hydrogen (secondary N) is 2. The molecule has 2 aromatic carbocycles. The van der Waals surface area contributed by atoms with Gasteiger partial charge < -0.3 is 24.9 Å². The lowest BCUT2D eigenvalue weighted by atomic mass is 9.95. The van der Waals surface area contributed by atoms with Gasteiger partial charge in [0.05, 0.1) is 23.8 Å². The largest absolute Gasteiger partial charge is 0.399 e. The van der Waals surface area contributed by atoms with Crippen LogP contribution in [0.5, 0.6) is 0 Å². The molecule has 1 aliphatic rings. The number of H-pyrrole nitrogens is 1. The summed E-state index contributed by atoms with van der Waals surface area (Å²) in [4.78, 5) is 31.4. The van der Waals surface area contributed by atoms with E-state index in [-0.39, 0.29) is 6.10 Å². The number of benzene rings is 2. The van der Waals surface area contributed by atoms with Crippen molar-refractivity contribution < 1.29 is 14.3 Å². The molecule has 0 aliphatic carbocycles. The number of likely N-dealkylation sites (N-methyl/N-ethyl adjacent to an activating group) is 1. The van der Waals surface area contributed by atoms with E-state index < -0.39 is 11.8 Å². The molecule has 2 aromatic heterocycles. The van der Waals surface area contributed by atoms with Gasteiger partial charge in [-0.15, -0.1) is 0 Å². The van der Waals surface area contributed by atoms with Gasteiger partial charge in [0.15, 0.2) is 0 Å². The lowest BCUT2D eigenvalue weighted by molar-refractivity contribution is -0.122. The number of ether oxygens (including phenoxy) is 1. The standard InChI is InChI=1S/C26H27N5O3/c1-30(2)12-16(34-3)13-31-14-20(18-10-15(27)8-9-22(18)31)24-23(25(32)29-26(24)33)19-11-28-21-7-5-4-6-17(19)21/h4-11,14,16,28H,12-13,27H2,1-3H3,(H,29,32,33). The Labute approximate surface area is 197 Å². The Hall–Kier alpha value is -3.88. The molecule has 1 unspecified atom stereocenters. The molecule has 0 saturated carbocycles. The Kier molecular flexibility index (Phi) is 5.47. The van der Waals surface area contributed by atoms with E-state index in [4.69, 9.17) is 10.5 Å². The van der Waals surface area contributed by atoms with Gasteiger partial charge in [-0.3, -0.25) is 14.9 Å². The summed E-state index contributed by atoms with van der Waals surface area (Å²) in [5, 5.41) is 4.20. The number of nitrogen functional groups attached to an aromatic ring is 1. The lowest BCUT2D eigenvalue weighted by Gasteiger charge is -2.20. The van der Waals surface area contributed by atoms with Crippen LogP contribution in [0.15, 0.2) is 54.9 Å². The Morgan fingerprint density at radius 2 is 1.76 bits per heavy atom. The summed E-state index contributed by atoms with van der Waals surface area (Å²) in [6.45, 7) is 1.32. The highest BCUT2D eigenvalue weighted by molar-refractivity contribution is 6.50. The highest BCUT2D eigenvalue weighted by Gasteiger charge is 2.35. The molecule has 34 heavy (non-hydrogen) atoms. The molecule has 1 aliphatic heterocycles. The number of nitrogens with two attached hydrogens (primary N) is 1. The van der Waals surface area contributed by atoms with Crippen LogP contribution in [-0.4, -0.2) is 60.1 Å². The maximum Gasteiger partial charge on any atom is 0.259 e. The summed E-state index contributed by atoms with van der Waals surface area (Å²) >= 11 is 0. The Bertz CT molecular complexity index is 1460. The van der Waals surface area contributed by atoms with Crippen molar-refractivity contribution in [3.8, 4) is 0 Å². The molecular weight excluding hydrogens is 430 g/mol. The second kappa shape index (κ2) is 8.48. The summed E-state index contributed by atoms with van der Waals surface area (Å²) in [5.41, 5.74) is 10.6. The van der Waals surface area contributed by atoms with Crippen LogP contribution < -0.4 is 11.1 Å². The van der Waals surface area contributed by atoms with Crippen LogP contribution in [-0.2, 0) is 20.9 Å². The average Bonchev–Trinajstić information content (AvgIpc) is 3.45. The van der Waals surface area contributed by atoms with Gasteiger partial charge in [0.1, 0.15) is 0 Å². The first-order valence-electron chi connectivity index (χ1n) is 11.1. The molecule has 0 radical (unpaired) electrons. The first-order valence-corrected chi connectivity index (χ1v) is 11.1. The van der Waals surface area contributed by atoms with Crippen LogP contribution in [0.25, 0.3) is 33.0 Å². The lowest BCUT2D eigenvalue weighted by Crippen LogP contribution is -2.31. The Balaban J connectivity index is 1.73. The topological polar surface area (TPSA) is 105 Å². The molecule has 0 spiro atoms. The number of para-hydroxylation sites is 1. The number of fused-ring (bicyclic) bond motifs is 2. The maximum absolute atomic E-state index is 13.1. The van der Waals surface area contributed by atoms with Gasteiger partial charge in [0.25, 0.3) is 11.8 Å². The van der Waals surface area contributed by atoms with E-state index in [2.05, 4.69) is 19.8 Å². The Morgan fingerprint density at radius 1 is 1.03 bits per heavy atom. The zero-order chi connectivity index (χ0) is 24.0. The third-order valence-corrected chi connectivity index (χ3v) is 6.27. The van der Waals surface area contributed by atoms with Crippen molar-refractivity contribution in [2.75, 3.05) is 33.5 Å². The molecule has 1 atom stereocenters. The molecule has 0 saturated heterocycles. The van der Waals surface area contributed by atoms with Gasteiger partial charge >= 0.3 is 0 Å². The SMILES string of the molecule is COC(CN(C)C)Cn1cc(C2=C(c3c[nH]c4ccccc34)C(=O)NC2=O)c2cc(N)ccc21. The van der Waals surface area contributed by atoms with Crippen LogP contribution in [0, 0.1) is 0 Å². The van der Waals surface area contributed by atoms with Crippen molar-refractivity contribution in [3.63, 3.8) is 0 Å². The Morgan fingerprint density at radius 3 is 2.50 bits per heavy atom. The molecule has 0 bridgehead atoms. The molecular formula is C26H27N5O3. The molecule has 174 valence electrons. The van der Waals surface area contributed by atoms with Crippen LogP contribution >= 0.6 is 0 Å². The molecule has 2 amide bonds. The van der Waals surface area contributed by atoms with E-state index in [1.54, 1.807) is 13.3 Å². The van der Waals surface area contributed by atoms with Gasteiger partial charge in [-0.2, -0.15) is 0 Å². The number of carbonyl (C=O) groups is 2. The highest BCUT2D eigenvalue weighted by Crippen LogP contribution is 2.38. The van der Waals surface area contributed by atoms with Crippen LogP contribution in [0.2, 0.25) is 0 Å². The minimum atomic E-state index is -0.414. The van der Waals surface area contributed by atoms with Gasteiger partial charge in [-0.1, -0.05) is 18.2 Å². The van der Waals surface area contributed by atoms with Gasteiger partial charge in [0, 0.05) is 64.7 Å². The van der Waals surface area contributed by atoms with Crippen LogP contribution in [0.4, 0.5) is 5.69 Å². The van der Waals surface area contributed by atoms with Gasteiger partial charge in [0.2, 0.25) is 0 Å². The van der Waals surface area contributed by atoms with Gasteiger partial charge in [-0.25, -0.2) is 0 Å². The normalized spacial score (nSPS) is 15.2. The molecule has 3 heterocycles. The van der Waals surface area contributed by atoms with E-state index in [0.29, 0.717) is 34.5 Å². The third-order valence-electron chi connectivity index (χ3n) is 6.27. The maximum atomic E-state index is 13.1. The van der Waals surface area contributed by atoms with E-state index in [1.807, 2.05) is 62.8 Å². The van der Waals surface area contributed by atoms with E-state index >= 15 is 0 Å². The first kappa shape index (κ1) is 21.9. The number of aromatic nitrogens is 2. The fraction of sp³-hybridized carbons (Fsp3) is 0.231. The molecule has 0 fully saturated rings. The van der Waals surface area contributed by atoms with Crippen LogP contribution in [0.1, 0.15) is 11.1 Å². The first-order chi connectivity index (χ1) is 16.4. The molecule has 8 heteroatoms. The summed E-state index contributed by atoms with van der Waals surface area (Å²) in [5.74, 6) is -0.819. The number of hydrogen-bond donors (Lipinski definition) is 3. The summed E-state index contributed by atoms with van der Waals surface area (Å²) in [6.07, 6.45) is 3.65.